The molecule has 0 radical (unpaired) electrons. The maximum absolute atomic E-state index is 13.2. The van der Waals surface area contributed by atoms with Gasteiger partial charge in [-0.2, -0.15) is 5.06 Å². The minimum Gasteiger partial charge on any atom is -0.467 e. The Bertz CT molecular complexity index is 906. The lowest BCUT2D eigenvalue weighted by Gasteiger charge is -2.39. The minimum atomic E-state index is -1.05. The average molecular weight is 414 g/mol. The van der Waals surface area contributed by atoms with Crippen molar-refractivity contribution in [1.29, 1.82) is 0 Å². The van der Waals surface area contributed by atoms with Gasteiger partial charge >= 0.3 is 5.97 Å². The zero-order valence-electron chi connectivity index (χ0n) is 17.5. The summed E-state index contributed by atoms with van der Waals surface area (Å²) in [6.45, 7) is 2.97. The normalized spacial score (nSPS) is 16.1. The Labute approximate surface area is 175 Å². The molecule has 1 heterocycles. The monoisotopic (exact) mass is 414 g/mol. The van der Waals surface area contributed by atoms with E-state index in [1.54, 1.807) is 24.3 Å². The first kappa shape index (κ1) is 21.9. The Morgan fingerprint density at radius 1 is 1.07 bits per heavy atom. The molecule has 0 spiro atoms. The molecular formula is C23H27FN2O4. The number of carbonyl (C=O) groups excluding carboxylic acids is 2. The van der Waals surface area contributed by atoms with Crippen LogP contribution < -0.4 is 5.32 Å². The van der Waals surface area contributed by atoms with Crippen molar-refractivity contribution in [3.8, 4) is 11.1 Å². The Kier molecular flexibility index (Phi) is 6.84. The SMILES string of the molecule is COC(=O)C1(NC(=O)Cc2cc(-c3ccc(F)cc3)ccc2C)CCN(OC)CC1. The fraction of sp³-hybridized carbons (Fsp3) is 0.391. The third kappa shape index (κ3) is 4.86. The van der Waals surface area contributed by atoms with E-state index < -0.39 is 11.5 Å². The first-order chi connectivity index (χ1) is 14.4. The molecule has 0 aliphatic carbocycles. The second-order valence-corrected chi connectivity index (χ2v) is 7.56. The highest BCUT2D eigenvalue weighted by atomic mass is 19.1. The Hall–Kier alpha value is -2.77. The number of piperidine rings is 1. The minimum absolute atomic E-state index is 0.133. The summed E-state index contributed by atoms with van der Waals surface area (Å²) in [6.07, 6.45) is 0.954. The number of hydroxylamine groups is 2. The smallest absolute Gasteiger partial charge is 0.331 e. The van der Waals surface area contributed by atoms with Gasteiger partial charge in [-0.05, 0) is 54.2 Å². The molecule has 0 saturated carbocycles. The van der Waals surface area contributed by atoms with Gasteiger partial charge in [-0.25, -0.2) is 9.18 Å². The van der Waals surface area contributed by atoms with Crippen LogP contribution in [0.2, 0.25) is 0 Å². The molecule has 0 unspecified atom stereocenters. The van der Waals surface area contributed by atoms with Crippen molar-refractivity contribution < 1.29 is 23.6 Å². The van der Waals surface area contributed by atoms with E-state index in [4.69, 9.17) is 9.57 Å². The highest BCUT2D eigenvalue weighted by Gasteiger charge is 2.44. The fourth-order valence-electron chi connectivity index (χ4n) is 3.79. The van der Waals surface area contributed by atoms with Gasteiger partial charge in [-0.1, -0.05) is 30.3 Å². The van der Waals surface area contributed by atoms with Crippen molar-refractivity contribution in [2.24, 2.45) is 0 Å². The van der Waals surface area contributed by atoms with Gasteiger partial charge in [0.2, 0.25) is 5.91 Å². The maximum atomic E-state index is 13.2. The van der Waals surface area contributed by atoms with Gasteiger partial charge < -0.3 is 14.9 Å². The molecule has 1 fully saturated rings. The van der Waals surface area contributed by atoms with Gasteiger partial charge in [0.05, 0.1) is 20.6 Å². The van der Waals surface area contributed by atoms with Crippen molar-refractivity contribution in [1.82, 2.24) is 10.4 Å². The van der Waals surface area contributed by atoms with Crippen LogP contribution in [0.3, 0.4) is 0 Å². The number of nitrogens with zero attached hydrogens (tertiary/aromatic N) is 1. The van der Waals surface area contributed by atoms with E-state index in [1.165, 1.54) is 19.2 Å². The Morgan fingerprint density at radius 2 is 1.70 bits per heavy atom. The van der Waals surface area contributed by atoms with Crippen molar-refractivity contribution >= 4 is 11.9 Å². The number of halogens is 1. The quantitative estimate of drug-likeness (QED) is 0.736. The largest absolute Gasteiger partial charge is 0.467 e. The Morgan fingerprint density at radius 3 is 2.30 bits per heavy atom. The van der Waals surface area contributed by atoms with Crippen LogP contribution in [0.15, 0.2) is 42.5 Å². The summed E-state index contributed by atoms with van der Waals surface area (Å²) in [7, 11) is 2.91. The lowest BCUT2D eigenvalue weighted by atomic mass is 9.87. The number of nitrogens with one attached hydrogen (secondary N) is 1. The number of esters is 1. The molecule has 2 aromatic rings. The molecule has 1 aliphatic rings. The van der Waals surface area contributed by atoms with Crippen molar-refractivity contribution in [3.63, 3.8) is 0 Å². The molecule has 160 valence electrons. The molecule has 1 amide bonds. The van der Waals surface area contributed by atoms with E-state index in [-0.39, 0.29) is 18.1 Å². The van der Waals surface area contributed by atoms with Gasteiger partial charge in [0, 0.05) is 13.1 Å². The third-order valence-electron chi connectivity index (χ3n) is 5.67. The fourth-order valence-corrected chi connectivity index (χ4v) is 3.79. The van der Waals surface area contributed by atoms with E-state index in [2.05, 4.69) is 5.32 Å². The molecule has 6 nitrogen and oxygen atoms in total. The number of amides is 1. The van der Waals surface area contributed by atoms with Crippen LogP contribution in [0.1, 0.15) is 24.0 Å². The molecule has 3 rings (SSSR count). The molecule has 1 N–H and O–H groups in total. The summed E-state index contributed by atoms with van der Waals surface area (Å²) >= 11 is 0. The molecule has 30 heavy (non-hydrogen) atoms. The molecule has 0 bridgehead atoms. The van der Waals surface area contributed by atoms with Crippen LogP contribution in [0, 0.1) is 12.7 Å². The second kappa shape index (κ2) is 9.36. The predicted octanol–water partition coefficient (Wildman–Crippen LogP) is 3.03. The number of carbonyl (C=O) groups is 2. The second-order valence-electron chi connectivity index (χ2n) is 7.56. The van der Waals surface area contributed by atoms with Gasteiger partial charge in [-0.3, -0.25) is 4.79 Å². The zero-order chi connectivity index (χ0) is 21.7. The zero-order valence-corrected chi connectivity index (χ0v) is 17.5. The van der Waals surface area contributed by atoms with Gasteiger partial charge in [-0.15, -0.1) is 0 Å². The van der Waals surface area contributed by atoms with Crippen LogP contribution in [-0.4, -0.2) is 49.8 Å². The van der Waals surface area contributed by atoms with Crippen molar-refractivity contribution in [2.45, 2.75) is 31.7 Å². The van der Waals surface area contributed by atoms with E-state index in [0.717, 1.165) is 22.3 Å². The van der Waals surface area contributed by atoms with Crippen LogP contribution in [0.5, 0.6) is 0 Å². The number of ether oxygens (including phenoxy) is 1. The highest BCUT2D eigenvalue weighted by Crippen LogP contribution is 2.26. The van der Waals surface area contributed by atoms with E-state index in [0.29, 0.717) is 25.9 Å². The number of benzene rings is 2. The van der Waals surface area contributed by atoms with Crippen molar-refractivity contribution in [2.75, 3.05) is 27.3 Å². The number of methoxy groups -OCH3 is 1. The summed E-state index contributed by atoms with van der Waals surface area (Å²) in [5, 5.41) is 4.68. The van der Waals surface area contributed by atoms with Gasteiger partial charge in [0.15, 0.2) is 0 Å². The van der Waals surface area contributed by atoms with Gasteiger partial charge in [0.25, 0.3) is 0 Å². The van der Waals surface area contributed by atoms with E-state index in [1.807, 2.05) is 25.1 Å². The maximum Gasteiger partial charge on any atom is 0.331 e. The molecule has 2 aromatic carbocycles. The van der Waals surface area contributed by atoms with Crippen LogP contribution in [-0.2, 0) is 25.6 Å². The third-order valence-corrected chi connectivity index (χ3v) is 5.67. The first-order valence-electron chi connectivity index (χ1n) is 9.91. The lowest BCUT2D eigenvalue weighted by molar-refractivity contribution is -0.171. The van der Waals surface area contributed by atoms with Crippen LogP contribution in [0.25, 0.3) is 11.1 Å². The van der Waals surface area contributed by atoms with E-state index in [9.17, 15) is 14.0 Å². The molecule has 0 atom stereocenters. The molecule has 0 aromatic heterocycles. The molecule has 1 saturated heterocycles. The van der Waals surface area contributed by atoms with Crippen LogP contribution >= 0.6 is 0 Å². The lowest BCUT2D eigenvalue weighted by Crippen LogP contribution is -2.60. The molecule has 1 aliphatic heterocycles. The number of aryl methyl sites for hydroxylation is 1. The predicted molar refractivity (Wildman–Crippen MR) is 111 cm³/mol. The number of hydrogen-bond donors (Lipinski definition) is 1. The summed E-state index contributed by atoms with van der Waals surface area (Å²) < 4.78 is 18.2. The average Bonchev–Trinajstić information content (AvgIpc) is 2.75. The summed E-state index contributed by atoms with van der Waals surface area (Å²) in [4.78, 5) is 30.6. The Balaban J connectivity index is 1.76. The summed E-state index contributed by atoms with van der Waals surface area (Å²) in [5.74, 6) is -0.980. The first-order valence-corrected chi connectivity index (χ1v) is 9.91. The standard InChI is InChI=1S/C23H27FN2O4/c1-16-4-5-18(17-6-8-20(24)9-7-17)14-19(16)15-21(27)25-23(22(28)29-2)10-12-26(30-3)13-11-23/h4-9,14H,10-13,15H2,1-3H3,(H,25,27). The number of rotatable bonds is 6. The molecule has 7 heteroatoms. The summed E-state index contributed by atoms with van der Waals surface area (Å²) in [6, 6.07) is 12.1. The van der Waals surface area contributed by atoms with Crippen LogP contribution in [0.4, 0.5) is 4.39 Å². The van der Waals surface area contributed by atoms with E-state index >= 15 is 0 Å². The number of hydrogen-bond acceptors (Lipinski definition) is 5. The summed E-state index contributed by atoms with van der Waals surface area (Å²) in [5.41, 5.74) is 2.54. The topological polar surface area (TPSA) is 67.9 Å². The highest BCUT2D eigenvalue weighted by molar-refractivity contribution is 5.89. The van der Waals surface area contributed by atoms with Crippen molar-refractivity contribution in [3.05, 3.63) is 59.4 Å². The van der Waals surface area contributed by atoms with Gasteiger partial charge in [0.1, 0.15) is 11.4 Å². The molecular weight excluding hydrogens is 387 g/mol.